The molecule has 1 atom stereocenters. The summed E-state index contributed by atoms with van der Waals surface area (Å²) in [6, 6.07) is 4.63. The summed E-state index contributed by atoms with van der Waals surface area (Å²) >= 11 is 1.41. The van der Waals surface area contributed by atoms with E-state index in [1.165, 1.54) is 43.0 Å². The van der Waals surface area contributed by atoms with Crippen molar-refractivity contribution in [1.29, 1.82) is 0 Å². The van der Waals surface area contributed by atoms with Crippen LogP contribution in [0.2, 0.25) is 0 Å². The molecule has 0 bridgehead atoms. The Labute approximate surface area is 141 Å². The Morgan fingerprint density at radius 2 is 2.12 bits per heavy atom. The van der Waals surface area contributed by atoms with Crippen molar-refractivity contribution < 1.29 is 18.8 Å². The molecule has 126 valence electrons. The number of carbonyl (C=O) groups is 3. The highest BCUT2D eigenvalue weighted by molar-refractivity contribution is 8.14. The van der Waals surface area contributed by atoms with E-state index in [-0.39, 0.29) is 0 Å². The van der Waals surface area contributed by atoms with Crippen LogP contribution < -0.4 is 10.6 Å². The predicted octanol–water partition coefficient (Wildman–Crippen LogP) is 0.812. The maximum absolute atomic E-state index is 13.1. The van der Waals surface area contributed by atoms with E-state index in [9.17, 15) is 18.8 Å². The Bertz CT molecular complexity index is 737. The first-order chi connectivity index (χ1) is 11.4. The van der Waals surface area contributed by atoms with Crippen LogP contribution in [0.15, 0.2) is 29.3 Å². The molecule has 0 spiro atoms. The first-order valence-corrected chi connectivity index (χ1v) is 8.26. The van der Waals surface area contributed by atoms with Gasteiger partial charge in [-0.3, -0.25) is 19.5 Å². The zero-order chi connectivity index (χ0) is 17.3. The third kappa shape index (κ3) is 2.99. The van der Waals surface area contributed by atoms with Gasteiger partial charge in [0, 0.05) is 5.75 Å². The summed E-state index contributed by atoms with van der Waals surface area (Å²) in [6.07, 6.45) is 0. The van der Waals surface area contributed by atoms with E-state index in [1.807, 2.05) is 0 Å². The van der Waals surface area contributed by atoms with Gasteiger partial charge in [0.1, 0.15) is 17.9 Å². The fourth-order valence-corrected chi connectivity index (χ4v) is 3.28. The van der Waals surface area contributed by atoms with Crippen molar-refractivity contribution in [3.8, 4) is 0 Å². The number of benzene rings is 1. The molecule has 2 aliphatic rings. The molecule has 24 heavy (non-hydrogen) atoms. The Morgan fingerprint density at radius 1 is 1.42 bits per heavy atom. The number of urea groups is 1. The number of rotatable bonds is 3. The molecular weight excluding hydrogens is 335 g/mol. The lowest BCUT2D eigenvalue weighted by Crippen LogP contribution is -2.43. The molecule has 0 aromatic heterocycles. The predicted molar refractivity (Wildman–Crippen MR) is 86.9 cm³/mol. The van der Waals surface area contributed by atoms with Crippen molar-refractivity contribution in [3.05, 3.63) is 35.6 Å². The van der Waals surface area contributed by atoms with Gasteiger partial charge in [0.2, 0.25) is 5.91 Å². The van der Waals surface area contributed by atoms with Crippen LogP contribution in [-0.2, 0) is 15.1 Å². The second kappa shape index (κ2) is 6.23. The Hall–Kier alpha value is -2.42. The monoisotopic (exact) mass is 350 g/mol. The van der Waals surface area contributed by atoms with Gasteiger partial charge in [-0.25, -0.2) is 9.18 Å². The van der Waals surface area contributed by atoms with Gasteiger partial charge in [-0.05, 0) is 24.6 Å². The summed E-state index contributed by atoms with van der Waals surface area (Å²) in [5, 5.41) is 5.63. The molecule has 3 rings (SSSR count). The molecule has 1 saturated heterocycles. The smallest absolute Gasteiger partial charge is 0.319 e. The molecule has 2 aliphatic heterocycles. The number of amides is 4. The molecule has 9 heteroatoms. The number of halogens is 1. The van der Waals surface area contributed by atoms with Crippen LogP contribution in [0.3, 0.4) is 0 Å². The number of nitrogens with one attached hydrogen (secondary N) is 2. The third-order valence-corrected chi connectivity index (χ3v) is 4.72. The summed E-state index contributed by atoms with van der Waals surface area (Å²) in [7, 11) is 0. The van der Waals surface area contributed by atoms with Gasteiger partial charge in [-0.1, -0.05) is 23.9 Å². The van der Waals surface area contributed by atoms with Gasteiger partial charge in [-0.2, -0.15) is 0 Å². The van der Waals surface area contributed by atoms with E-state index in [2.05, 4.69) is 15.6 Å². The van der Waals surface area contributed by atoms with Crippen molar-refractivity contribution in [2.75, 3.05) is 18.8 Å². The van der Waals surface area contributed by atoms with Crippen molar-refractivity contribution in [1.82, 2.24) is 15.5 Å². The van der Waals surface area contributed by atoms with Gasteiger partial charge in [0.05, 0.1) is 6.54 Å². The molecule has 1 aromatic rings. The van der Waals surface area contributed by atoms with Gasteiger partial charge >= 0.3 is 6.03 Å². The highest BCUT2D eigenvalue weighted by atomic mass is 32.2. The van der Waals surface area contributed by atoms with Crippen molar-refractivity contribution in [2.24, 2.45) is 4.99 Å². The fraction of sp³-hybridized carbons (Fsp3) is 0.333. The number of amidine groups is 1. The van der Waals surface area contributed by atoms with E-state index in [0.29, 0.717) is 17.3 Å². The number of aliphatic imine (C=N–C) groups is 1. The van der Waals surface area contributed by atoms with Crippen LogP contribution in [0.25, 0.3) is 0 Å². The maximum Gasteiger partial charge on any atom is 0.325 e. The van der Waals surface area contributed by atoms with Crippen LogP contribution in [-0.4, -0.2) is 46.8 Å². The van der Waals surface area contributed by atoms with E-state index in [1.54, 1.807) is 0 Å². The normalized spacial score (nSPS) is 23.2. The van der Waals surface area contributed by atoms with E-state index in [4.69, 9.17) is 0 Å². The highest BCUT2D eigenvalue weighted by Gasteiger charge is 2.49. The zero-order valence-corrected chi connectivity index (χ0v) is 13.7. The lowest BCUT2D eigenvalue weighted by Gasteiger charge is -2.22. The molecule has 0 radical (unpaired) electrons. The minimum Gasteiger partial charge on any atom is -0.319 e. The number of hydrogen-bond donors (Lipinski definition) is 2. The average Bonchev–Trinajstić information content (AvgIpc) is 3.11. The molecule has 1 unspecified atom stereocenters. The van der Waals surface area contributed by atoms with Crippen LogP contribution in [0.1, 0.15) is 12.5 Å². The average molecular weight is 350 g/mol. The first-order valence-electron chi connectivity index (χ1n) is 7.27. The Kier molecular flexibility index (Phi) is 4.27. The van der Waals surface area contributed by atoms with Crippen molar-refractivity contribution in [2.45, 2.75) is 12.5 Å². The SMILES string of the molecule is CC1(c2ccc(F)cc2)NC(=O)N(CC(=O)NC2=NCCS2)C1=O. The minimum atomic E-state index is -1.33. The minimum absolute atomic E-state index is 0.402. The van der Waals surface area contributed by atoms with Gasteiger partial charge in [0.15, 0.2) is 5.17 Å². The van der Waals surface area contributed by atoms with Crippen LogP contribution >= 0.6 is 11.8 Å². The summed E-state index contributed by atoms with van der Waals surface area (Å²) in [5.41, 5.74) is -0.883. The van der Waals surface area contributed by atoms with E-state index >= 15 is 0 Å². The van der Waals surface area contributed by atoms with Crippen molar-refractivity contribution >= 4 is 34.8 Å². The highest BCUT2D eigenvalue weighted by Crippen LogP contribution is 2.28. The largest absolute Gasteiger partial charge is 0.325 e. The fourth-order valence-electron chi connectivity index (χ4n) is 2.53. The summed E-state index contributed by atoms with van der Waals surface area (Å²) < 4.78 is 13.1. The molecule has 4 amide bonds. The zero-order valence-electron chi connectivity index (χ0n) is 12.8. The summed E-state index contributed by atoms with van der Waals surface area (Å²) in [6.45, 7) is 1.75. The topological polar surface area (TPSA) is 90.9 Å². The molecule has 2 N–H and O–H groups in total. The Balaban J connectivity index is 1.73. The Morgan fingerprint density at radius 3 is 2.75 bits per heavy atom. The molecule has 1 fully saturated rings. The quantitative estimate of drug-likeness (QED) is 0.790. The maximum atomic E-state index is 13.1. The molecule has 2 heterocycles. The van der Waals surface area contributed by atoms with Gasteiger partial charge in [0.25, 0.3) is 5.91 Å². The van der Waals surface area contributed by atoms with Gasteiger partial charge in [-0.15, -0.1) is 0 Å². The number of thioether (sulfide) groups is 1. The van der Waals surface area contributed by atoms with Crippen LogP contribution in [0, 0.1) is 5.82 Å². The number of hydrogen-bond acceptors (Lipinski definition) is 5. The first kappa shape index (κ1) is 16.4. The third-order valence-electron chi connectivity index (χ3n) is 3.83. The second-order valence-electron chi connectivity index (χ2n) is 5.54. The number of nitrogens with zero attached hydrogens (tertiary/aromatic N) is 2. The molecule has 0 aliphatic carbocycles. The van der Waals surface area contributed by atoms with Crippen LogP contribution in [0.4, 0.5) is 9.18 Å². The van der Waals surface area contributed by atoms with E-state index in [0.717, 1.165) is 10.7 Å². The number of imide groups is 1. The molecule has 1 aromatic carbocycles. The lowest BCUT2D eigenvalue weighted by atomic mass is 9.92. The lowest BCUT2D eigenvalue weighted by molar-refractivity contribution is -0.134. The summed E-state index contributed by atoms with van der Waals surface area (Å²) in [4.78, 5) is 41.7. The van der Waals surface area contributed by atoms with Gasteiger partial charge < -0.3 is 10.6 Å². The van der Waals surface area contributed by atoms with E-state index < -0.39 is 35.7 Å². The van der Waals surface area contributed by atoms with Crippen molar-refractivity contribution in [3.63, 3.8) is 0 Å². The molecular formula is C15H15FN4O3S. The molecule has 7 nitrogen and oxygen atoms in total. The summed E-state index contributed by atoms with van der Waals surface area (Å²) in [5.74, 6) is -0.697. The molecule has 0 saturated carbocycles. The second-order valence-corrected chi connectivity index (χ2v) is 6.62. The van der Waals surface area contributed by atoms with Crippen LogP contribution in [0.5, 0.6) is 0 Å². The number of carbonyl (C=O) groups excluding carboxylic acids is 3. The standard InChI is InChI=1S/C15H15FN4O3S/c1-15(9-2-4-10(16)5-3-9)12(22)20(14(23)19-15)8-11(21)18-13-17-6-7-24-13/h2-5H,6-8H2,1H3,(H,19,23)(H,17,18,21).